The zero-order valence-electron chi connectivity index (χ0n) is 16.2. The van der Waals surface area contributed by atoms with E-state index in [0.29, 0.717) is 24.5 Å². The van der Waals surface area contributed by atoms with E-state index in [4.69, 9.17) is 11.5 Å². The number of carbonyl (C=O) groups is 3. The Morgan fingerprint density at radius 3 is 1.88 bits per heavy atom. The first kappa shape index (κ1) is 27.9. The van der Waals surface area contributed by atoms with Gasteiger partial charge in [-0.15, -0.1) is 11.8 Å². The molecule has 0 spiro atoms. The molecule has 0 aromatic rings. The fourth-order valence-corrected chi connectivity index (χ4v) is 2.26. The highest BCUT2D eigenvalue weighted by atomic mass is 32.2. The van der Waals surface area contributed by atoms with Crippen molar-refractivity contribution in [1.82, 2.24) is 5.32 Å². The lowest BCUT2D eigenvalue weighted by molar-refractivity contribution is -0.119. The Labute approximate surface area is 151 Å². The summed E-state index contributed by atoms with van der Waals surface area (Å²) in [5, 5.41) is 2.78. The monoisotopic (exact) mass is 363 g/mol. The molecule has 1 amide bonds. The molecule has 0 bridgehead atoms. The molecule has 0 aliphatic carbocycles. The van der Waals surface area contributed by atoms with Gasteiger partial charge in [0.1, 0.15) is 11.6 Å². The summed E-state index contributed by atoms with van der Waals surface area (Å²) < 4.78 is 0. The summed E-state index contributed by atoms with van der Waals surface area (Å²) in [6, 6.07) is -0.893. The fraction of sp³-hybridized carbons (Fsp3) is 0.824. The van der Waals surface area contributed by atoms with E-state index >= 15 is 0 Å². The summed E-state index contributed by atoms with van der Waals surface area (Å²) in [7, 11) is 0. The molecule has 0 aromatic heterocycles. The molecule has 0 radical (unpaired) electrons. The van der Waals surface area contributed by atoms with Crippen LogP contribution in [0.25, 0.3) is 0 Å². The Morgan fingerprint density at radius 1 is 0.917 bits per heavy atom. The predicted molar refractivity (Wildman–Crippen MR) is 104 cm³/mol. The topological polar surface area (TPSA) is 115 Å². The van der Waals surface area contributed by atoms with Crippen LogP contribution in [0.5, 0.6) is 0 Å². The van der Waals surface area contributed by atoms with Crippen molar-refractivity contribution in [2.75, 3.05) is 18.1 Å². The van der Waals surface area contributed by atoms with Crippen molar-refractivity contribution in [2.24, 2.45) is 11.5 Å². The molecule has 0 unspecified atom stereocenters. The fourth-order valence-electron chi connectivity index (χ4n) is 1.37. The van der Waals surface area contributed by atoms with Crippen LogP contribution in [-0.4, -0.2) is 47.6 Å². The largest absolute Gasteiger partial charge is 0.355 e. The summed E-state index contributed by atoms with van der Waals surface area (Å²) in [4.78, 5) is 33.3. The van der Waals surface area contributed by atoms with Crippen LogP contribution < -0.4 is 16.8 Å². The first-order valence-corrected chi connectivity index (χ1v) is 9.86. The molecule has 0 saturated heterocycles. The van der Waals surface area contributed by atoms with Gasteiger partial charge in [-0.25, -0.2) is 0 Å². The van der Waals surface area contributed by atoms with E-state index in [0.717, 1.165) is 12.8 Å². The van der Waals surface area contributed by atoms with Gasteiger partial charge >= 0.3 is 0 Å². The van der Waals surface area contributed by atoms with Gasteiger partial charge in [0.15, 0.2) is 0 Å². The molecule has 7 heteroatoms. The maximum Gasteiger partial charge on any atom is 0.229 e. The Kier molecular flexibility index (Phi) is 23.4. The van der Waals surface area contributed by atoms with Crippen molar-refractivity contribution >= 4 is 29.2 Å². The van der Waals surface area contributed by atoms with E-state index in [1.165, 1.54) is 25.6 Å². The van der Waals surface area contributed by atoms with Gasteiger partial charge in [0.2, 0.25) is 5.91 Å². The standard InChI is InChI=1S/C13H25N3O3S.2C2H6/c1-9(17)11(14)5-3-4-6-16-13(19)8-20-7-12(15)10(2)18;2*1-2/h11-12H,3-8,14-15H2,1-2H3,(H,16,19);2*1-2H3/t11-,12-;;/m0../s1. The molecule has 24 heavy (non-hydrogen) atoms. The number of hydrogen-bond donors (Lipinski definition) is 3. The lowest BCUT2D eigenvalue weighted by atomic mass is 10.1. The number of thioether (sulfide) groups is 1. The van der Waals surface area contributed by atoms with Crippen molar-refractivity contribution < 1.29 is 14.4 Å². The van der Waals surface area contributed by atoms with Crippen LogP contribution in [0.4, 0.5) is 0 Å². The number of Topliss-reactive ketones (excluding diaryl/α,β-unsaturated/α-hetero) is 2. The number of hydrogen-bond acceptors (Lipinski definition) is 6. The molecule has 0 heterocycles. The predicted octanol–water partition coefficient (Wildman–Crippen LogP) is 1.89. The van der Waals surface area contributed by atoms with Crippen molar-refractivity contribution in [3.63, 3.8) is 0 Å². The molecule has 0 rings (SSSR count). The third kappa shape index (κ3) is 19.1. The first-order chi connectivity index (χ1) is 11.3. The minimum atomic E-state index is -0.499. The Balaban J connectivity index is -0.00000102. The number of nitrogens with one attached hydrogen (secondary N) is 1. The second-order valence-corrected chi connectivity index (χ2v) is 5.83. The number of nitrogens with two attached hydrogens (primary N) is 2. The molecule has 2 atom stereocenters. The van der Waals surface area contributed by atoms with Crippen molar-refractivity contribution in [3.05, 3.63) is 0 Å². The molecule has 5 N–H and O–H groups in total. The van der Waals surface area contributed by atoms with Crippen LogP contribution in [0.2, 0.25) is 0 Å². The highest BCUT2D eigenvalue weighted by molar-refractivity contribution is 8.00. The van der Waals surface area contributed by atoms with Gasteiger partial charge in [-0.3, -0.25) is 14.4 Å². The van der Waals surface area contributed by atoms with Gasteiger partial charge in [0.25, 0.3) is 0 Å². The smallest absolute Gasteiger partial charge is 0.229 e. The number of ketones is 2. The molecule has 0 aliphatic heterocycles. The zero-order chi connectivity index (χ0) is 19.5. The second-order valence-electron chi connectivity index (χ2n) is 4.80. The maximum absolute atomic E-state index is 11.5. The minimum absolute atomic E-state index is 0.00718. The number of amides is 1. The molecule has 0 aliphatic rings. The number of carbonyl (C=O) groups excluding carboxylic acids is 3. The van der Waals surface area contributed by atoms with Crippen LogP contribution >= 0.6 is 11.8 Å². The van der Waals surface area contributed by atoms with E-state index in [-0.39, 0.29) is 17.5 Å². The minimum Gasteiger partial charge on any atom is -0.355 e. The lowest BCUT2D eigenvalue weighted by Crippen LogP contribution is -2.32. The summed E-state index contributed by atoms with van der Waals surface area (Å²) in [5.41, 5.74) is 11.2. The zero-order valence-corrected chi connectivity index (χ0v) is 17.0. The van der Waals surface area contributed by atoms with Gasteiger partial charge in [-0.05, 0) is 33.1 Å². The average molecular weight is 364 g/mol. The van der Waals surface area contributed by atoms with E-state index < -0.39 is 12.1 Å². The highest BCUT2D eigenvalue weighted by Crippen LogP contribution is 2.02. The second kappa shape index (κ2) is 20.1. The van der Waals surface area contributed by atoms with Crippen LogP contribution in [0, 0.1) is 0 Å². The number of rotatable bonds is 11. The van der Waals surface area contributed by atoms with E-state index in [1.807, 2.05) is 27.7 Å². The Morgan fingerprint density at radius 2 is 1.42 bits per heavy atom. The van der Waals surface area contributed by atoms with Gasteiger partial charge in [-0.1, -0.05) is 27.7 Å². The Bertz CT molecular complexity index is 339. The average Bonchev–Trinajstić information content (AvgIpc) is 2.57. The maximum atomic E-state index is 11.5. The summed E-state index contributed by atoms with van der Waals surface area (Å²) in [5.74, 6) is 0.609. The third-order valence-electron chi connectivity index (χ3n) is 2.84. The van der Waals surface area contributed by atoms with Gasteiger partial charge in [-0.2, -0.15) is 0 Å². The van der Waals surface area contributed by atoms with Gasteiger partial charge < -0.3 is 16.8 Å². The lowest BCUT2D eigenvalue weighted by Gasteiger charge is -2.09. The van der Waals surface area contributed by atoms with E-state index in [2.05, 4.69) is 5.32 Å². The quantitative estimate of drug-likeness (QED) is 0.483. The summed E-state index contributed by atoms with van der Waals surface area (Å²) in [6.45, 7) is 11.5. The molecule has 0 aromatic carbocycles. The molecular formula is C17H37N3O3S. The molecular weight excluding hydrogens is 326 g/mol. The van der Waals surface area contributed by atoms with Crippen molar-refractivity contribution in [3.8, 4) is 0 Å². The van der Waals surface area contributed by atoms with Crippen LogP contribution in [0.3, 0.4) is 0 Å². The van der Waals surface area contributed by atoms with Crippen molar-refractivity contribution in [1.29, 1.82) is 0 Å². The van der Waals surface area contributed by atoms with E-state index in [9.17, 15) is 14.4 Å². The van der Waals surface area contributed by atoms with Crippen LogP contribution in [-0.2, 0) is 14.4 Å². The molecule has 144 valence electrons. The molecule has 0 fully saturated rings. The van der Waals surface area contributed by atoms with Crippen molar-refractivity contribution in [2.45, 2.75) is 72.9 Å². The van der Waals surface area contributed by atoms with E-state index in [1.54, 1.807) is 0 Å². The third-order valence-corrected chi connectivity index (χ3v) is 3.90. The number of unbranched alkanes of at least 4 members (excludes halogenated alkanes) is 1. The van der Waals surface area contributed by atoms with Gasteiger partial charge in [0.05, 0.1) is 17.8 Å². The van der Waals surface area contributed by atoms with Crippen LogP contribution in [0.1, 0.15) is 60.8 Å². The summed E-state index contributed by atoms with van der Waals surface area (Å²) in [6.07, 6.45) is 2.25. The Hall–Kier alpha value is -0.920. The van der Waals surface area contributed by atoms with Crippen LogP contribution in [0.15, 0.2) is 0 Å². The normalized spacial score (nSPS) is 11.8. The first-order valence-electron chi connectivity index (χ1n) is 8.71. The molecule has 0 saturated carbocycles. The molecule has 6 nitrogen and oxygen atoms in total. The van der Waals surface area contributed by atoms with Gasteiger partial charge in [0, 0.05) is 12.3 Å². The SMILES string of the molecule is CC.CC.CC(=O)[C@@H](N)CCCCNC(=O)CSC[C@H](N)C(C)=O. The highest BCUT2D eigenvalue weighted by Gasteiger charge is 2.10. The summed E-state index contributed by atoms with van der Waals surface area (Å²) >= 11 is 1.35.